The summed E-state index contributed by atoms with van der Waals surface area (Å²) < 4.78 is 0. The summed E-state index contributed by atoms with van der Waals surface area (Å²) >= 11 is 1.48. The maximum atomic E-state index is 11.7. The van der Waals surface area contributed by atoms with Crippen molar-refractivity contribution >= 4 is 28.5 Å². The first-order chi connectivity index (χ1) is 9.78. The summed E-state index contributed by atoms with van der Waals surface area (Å²) in [5.74, 6) is 0.575. The fraction of sp³-hybridized carbons (Fsp3) is 0.167. The van der Waals surface area contributed by atoms with Gasteiger partial charge in [0.05, 0.1) is 17.6 Å². The average Bonchev–Trinajstić information content (AvgIpc) is 2.95. The second-order valence-corrected chi connectivity index (χ2v) is 4.88. The molecule has 2 heterocycles. The Morgan fingerprint density at radius 1 is 1.25 bits per heavy atom. The van der Waals surface area contributed by atoms with E-state index in [1.165, 1.54) is 11.8 Å². The zero-order valence-corrected chi connectivity index (χ0v) is 11.5. The van der Waals surface area contributed by atoms with Crippen LogP contribution in [0.4, 0.5) is 5.95 Å². The van der Waals surface area contributed by atoms with Crippen LogP contribution in [0.1, 0.15) is 5.69 Å². The molecule has 8 heteroatoms. The number of H-pyrrole nitrogens is 2. The molecule has 0 aliphatic rings. The van der Waals surface area contributed by atoms with E-state index < -0.39 is 0 Å². The number of aromatic amines is 2. The molecule has 0 aliphatic carbocycles. The lowest BCUT2D eigenvalue weighted by Gasteiger charge is -2.05. The lowest BCUT2D eigenvalue weighted by Crippen LogP contribution is -2.13. The van der Waals surface area contributed by atoms with Crippen molar-refractivity contribution in [3.05, 3.63) is 40.3 Å². The van der Waals surface area contributed by atoms with Crippen molar-refractivity contribution in [3.63, 3.8) is 0 Å². The van der Waals surface area contributed by atoms with E-state index in [4.69, 9.17) is 0 Å². The molecule has 0 spiro atoms. The monoisotopic (exact) mass is 288 g/mol. The van der Waals surface area contributed by atoms with Crippen molar-refractivity contribution < 1.29 is 0 Å². The second-order valence-electron chi connectivity index (χ2n) is 4.08. The highest BCUT2D eigenvalue weighted by molar-refractivity contribution is 7.98. The van der Waals surface area contributed by atoms with Gasteiger partial charge in [-0.25, -0.2) is 5.10 Å². The standard InChI is InChI=1S/C12H12N6OS/c1-20-12-14-11(17-18-12)13-6-9-7-4-2-3-5-8(7)10(19)16-15-9/h2-5H,6H2,1H3,(H,16,19)(H2,13,14,17,18). The van der Waals surface area contributed by atoms with Gasteiger partial charge < -0.3 is 10.3 Å². The molecule has 102 valence electrons. The maximum absolute atomic E-state index is 11.7. The van der Waals surface area contributed by atoms with Crippen LogP contribution < -0.4 is 10.9 Å². The molecular formula is C12H12N6OS. The van der Waals surface area contributed by atoms with Gasteiger partial charge >= 0.3 is 0 Å². The molecule has 20 heavy (non-hydrogen) atoms. The van der Waals surface area contributed by atoms with Crippen molar-refractivity contribution in [1.82, 2.24) is 25.4 Å². The number of benzene rings is 1. The fourth-order valence-electron chi connectivity index (χ4n) is 1.89. The summed E-state index contributed by atoms with van der Waals surface area (Å²) in [6.45, 7) is 0.445. The Kier molecular flexibility index (Phi) is 3.38. The van der Waals surface area contributed by atoms with Gasteiger partial charge in [-0.05, 0) is 12.3 Å². The predicted octanol–water partition coefficient (Wildman–Crippen LogP) is 1.38. The van der Waals surface area contributed by atoms with Crippen molar-refractivity contribution in [1.29, 1.82) is 0 Å². The number of hydrogen-bond donors (Lipinski definition) is 3. The third-order valence-electron chi connectivity index (χ3n) is 2.86. The summed E-state index contributed by atoms with van der Waals surface area (Å²) in [6, 6.07) is 7.37. The zero-order valence-electron chi connectivity index (χ0n) is 10.7. The van der Waals surface area contributed by atoms with Crippen molar-refractivity contribution in [2.24, 2.45) is 0 Å². The van der Waals surface area contributed by atoms with E-state index in [0.717, 1.165) is 16.2 Å². The normalized spacial score (nSPS) is 10.8. The second kappa shape index (κ2) is 5.33. The molecule has 0 atom stereocenters. The molecule has 0 unspecified atom stereocenters. The van der Waals surface area contributed by atoms with E-state index in [1.807, 2.05) is 24.5 Å². The van der Waals surface area contributed by atoms with Crippen LogP contribution in [0.3, 0.4) is 0 Å². The van der Waals surface area contributed by atoms with Crippen molar-refractivity contribution in [3.8, 4) is 0 Å². The molecule has 3 aromatic rings. The maximum Gasteiger partial charge on any atom is 0.272 e. The van der Waals surface area contributed by atoms with Crippen LogP contribution in [0, 0.1) is 0 Å². The van der Waals surface area contributed by atoms with Gasteiger partial charge in [0.1, 0.15) is 0 Å². The van der Waals surface area contributed by atoms with Gasteiger partial charge in [0.25, 0.3) is 5.56 Å². The number of rotatable bonds is 4. The number of aromatic nitrogens is 5. The molecule has 1 aromatic carbocycles. The first-order valence-electron chi connectivity index (χ1n) is 5.95. The number of fused-ring (bicyclic) bond motifs is 1. The van der Waals surface area contributed by atoms with E-state index in [9.17, 15) is 4.79 Å². The molecule has 2 aromatic heterocycles. The number of anilines is 1. The Balaban J connectivity index is 1.87. The SMILES string of the molecule is CSc1nnc(NCc2n[nH]c(=O)c3ccccc23)[nH]1. The molecule has 0 radical (unpaired) electrons. The highest BCUT2D eigenvalue weighted by Gasteiger charge is 2.07. The van der Waals surface area contributed by atoms with Gasteiger partial charge in [-0.2, -0.15) is 5.10 Å². The first-order valence-corrected chi connectivity index (χ1v) is 7.17. The minimum Gasteiger partial charge on any atom is -0.349 e. The van der Waals surface area contributed by atoms with Gasteiger partial charge in [-0.1, -0.05) is 30.0 Å². The van der Waals surface area contributed by atoms with E-state index >= 15 is 0 Å². The summed E-state index contributed by atoms with van der Waals surface area (Å²) in [5.41, 5.74) is 0.566. The Hall–Kier alpha value is -2.35. The molecule has 0 saturated carbocycles. The van der Waals surface area contributed by atoms with Crippen LogP contribution in [-0.2, 0) is 6.54 Å². The summed E-state index contributed by atoms with van der Waals surface area (Å²) in [7, 11) is 0. The third-order valence-corrected chi connectivity index (χ3v) is 3.43. The quantitative estimate of drug-likeness (QED) is 0.627. The van der Waals surface area contributed by atoms with E-state index in [0.29, 0.717) is 17.9 Å². The van der Waals surface area contributed by atoms with Crippen LogP contribution >= 0.6 is 11.8 Å². The highest BCUT2D eigenvalue weighted by atomic mass is 32.2. The fourth-order valence-corrected chi connectivity index (χ4v) is 2.21. The lowest BCUT2D eigenvalue weighted by molar-refractivity contribution is 0.914. The number of nitrogens with one attached hydrogen (secondary N) is 3. The molecule has 0 saturated heterocycles. The van der Waals surface area contributed by atoms with Gasteiger partial charge in [-0.3, -0.25) is 4.79 Å². The summed E-state index contributed by atoms with van der Waals surface area (Å²) in [5, 5.41) is 19.8. The van der Waals surface area contributed by atoms with Gasteiger partial charge in [0.2, 0.25) is 5.95 Å². The number of thioether (sulfide) groups is 1. The molecule has 7 nitrogen and oxygen atoms in total. The topological polar surface area (TPSA) is 99.3 Å². The van der Waals surface area contributed by atoms with Crippen LogP contribution in [0.5, 0.6) is 0 Å². The van der Waals surface area contributed by atoms with Crippen molar-refractivity contribution in [2.45, 2.75) is 11.7 Å². The molecule has 3 N–H and O–H groups in total. The van der Waals surface area contributed by atoms with E-state index in [2.05, 4.69) is 30.7 Å². The smallest absolute Gasteiger partial charge is 0.272 e. The summed E-state index contributed by atoms with van der Waals surface area (Å²) in [4.78, 5) is 14.7. The van der Waals surface area contributed by atoms with Crippen LogP contribution in [0.2, 0.25) is 0 Å². The molecule has 3 rings (SSSR count). The van der Waals surface area contributed by atoms with Crippen molar-refractivity contribution in [2.75, 3.05) is 11.6 Å². The molecule has 0 bridgehead atoms. The minimum atomic E-state index is -0.186. The van der Waals surface area contributed by atoms with Crippen LogP contribution in [0.25, 0.3) is 10.8 Å². The van der Waals surface area contributed by atoms with Crippen LogP contribution in [-0.4, -0.2) is 31.6 Å². The average molecular weight is 288 g/mol. The molecule has 0 fully saturated rings. The Bertz CT molecular complexity index is 796. The Morgan fingerprint density at radius 3 is 2.80 bits per heavy atom. The summed E-state index contributed by atoms with van der Waals surface area (Å²) in [6.07, 6.45) is 1.92. The number of nitrogens with zero attached hydrogens (tertiary/aromatic N) is 3. The molecular weight excluding hydrogens is 276 g/mol. The predicted molar refractivity (Wildman–Crippen MR) is 77.9 cm³/mol. The molecule has 0 aliphatic heterocycles. The molecule has 0 amide bonds. The van der Waals surface area contributed by atoms with Gasteiger partial charge in [0.15, 0.2) is 5.16 Å². The lowest BCUT2D eigenvalue weighted by atomic mass is 10.1. The van der Waals surface area contributed by atoms with Crippen LogP contribution in [0.15, 0.2) is 34.2 Å². The van der Waals surface area contributed by atoms with E-state index in [1.54, 1.807) is 6.07 Å². The van der Waals surface area contributed by atoms with Gasteiger partial charge in [0, 0.05) is 5.39 Å². The minimum absolute atomic E-state index is 0.186. The highest BCUT2D eigenvalue weighted by Crippen LogP contribution is 2.14. The Labute approximate surface area is 118 Å². The number of hydrogen-bond acceptors (Lipinski definition) is 6. The largest absolute Gasteiger partial charge is 0.349 e. The first kappa shape index (κ1) is 12.7. The van der Waals surface area contributed by atoms with Gasteiger partial charge in [-0.15, -0.1) is 10.2 Å². The Morgan fingerprint density at radius 2 is 2.05 bits per heavy atom. The van der Waals surface area contributed by atoms with E-state index in [-0.39, 0.29) is 5.56 Å². The third kappa shape index (κ3) is 2.37. The zero-order chi connectivity index (χ0) is 13.9.